The second-order valence-electron chi connectivity index (χ2n) is 4.19. The van der Waals surface area contributed by atoms with Gasteiger partial charge in [-0.15, -0.1) is 0 Å². The number of hydrogen-bond donors (Lipinski definition) is 1. The third kappa shape index (κ3) is 2.71. The van der Waals surface area contributed by atoms with Gasteiger partial charge in [0.05, 0.1) is 5.69 Å². The molecule has 2 aromatic rings. The Labute approximate surface area is 101 Å². The summed E-state index contributed by atoms with van der Waals surface area (Å²) in [5.74, 6) is 0.883. The van der Waals surface area contributed by atoms with Gasteiger partial charge in [0.2, 0.25) is 0 Å². The molecule has 0 amide bonds. The van der Waals surface area contributed by atoms with Crippen molar-refractivity contribution in [2.45, 2.75) is 33.4 Å². The van der Waals surface area contributed by atoms with Crippen LogP contribution in [0.4, 0.5) is 0 Å². The second-order valence-corrected chi connectivity index (χ2v) is 4.19. The topological polar surface area (TPSA) is 51.0 Å². The van der Waals surface area contributed by atoms with Crippen LogP contribution in [-0.4, -0.2) is 10.1 Å². The Kier molecular flexibility index (Phi) is 3.54. The minimum Gasteiger partial charge on any atom is -0.361 e. The Morgan fingerprint density at radius 3 is 2.82 bits per heavy atom. The van der Waals surface area contributed by atoms with Gasteiger partial charge in [0.25, 0.3) is 0 Å². The molecule has 1 atom stereocenters. The molecular weight excluding hydrogens is 214 g/mol. The van der Waals surface area contributed by atoms with E-state index < -0.39 is 0 Å². The lowest BCUT2D eigenvalue weighted by molar-refractivity contribution is 0.391. The molecule has 4 heteroatoms. The zero-order chi connectivity index (χ0) is 12.3. The first-order chi connectivity index (χ1) is 8.18. The lowest BCUT2D eigenvalue weighted by Gasteiger charge is -2.13. The molecule has 4 nitrogen and oxygen atoms in total. The van der Waals surface area contributed by atoms with Crippen LogP contribution in [0.5, 0.6) is 0 Å². The molecule has 0 bridgehead atoms. The minimum atomic E-state index is 0.261. The van der Waals surface area contributed by atoms with Crippen LogP contribution >= 0.6 is 0 Å². The summed E-state index contributed by atoms with van der Waals surface area (Å²) in [5, 5.41) is 7.38. The largest absolute Gasteiger partial charge is 0.361 e. The predicted octanol–water partition coefficient (Wildman–Crippen LogP) is 2.54. The van der Waals surface area contributed by atoms with Crippen LogP contribution in [0, 0.1) is 13.8 Å². The van der Waals surface area contributed by atoms with Crippen molar-refractivity contribution in [2.24, 2.45) is 0 Å². The van der Waals surface area contributed by atoms with E-state index in [0.29, 0.717) is 0 Å². The molecule has 0 spiro atoms. The maximum atomic E-state index is 5.13. The van der Waals surface area contributed by atoms with E-state index in [2.05, 4.69) is 28.4 Å². The van der Waals surface area contributed by atoms with E-state index in [4.69, 9.17) is 4.52 Å². The van der Waals surface area contributed by atoms with Gasteiger partial charge in [-0.2, -0.15) is 0 Å². The highest BCUT2D eigenvalue weighted by molar-refractivity contribution is 5.21. The first-order valence-corrected chi connectivity index (χ1v) is 5.73. The van der Waals surface area contributed by atoms with Crippen molar-refractivity contribution < 1.29 is 4.52 Å². The smallest absolute Gasteiger partial charge is 0.138 e. The molecule has 0 unspecified atom stereocenters. The average Bonchev–Trinajstić information content (AvgIpc) is 2.67. The van der Waals surface area contributed by atoms with Gasteiger partial charge in [0.15, 0.2) is 0 Å². The van der Waals surface area contributed by atoms with Crippen molar-refractivity contribution in [3.63, 3.8) is 0 Å². The fraction of sp³-hybridized carbons (Fsp3) is 0.385. The first-order valence-electron chi connectivity index (χ1n) is 5.73. The van der Waals surface area contributed by atoms with Crippen LogP contribution in [0.2, 0.25) is 0 Å². The molecule has 2 aromatic heterocycles. The third-order valence-corrected chi connectivity index (χ3v) is 2.95. The van der Waals surface area contributed by atoms with Crippen LogP contribution in [0.25, 0.3) is 0 Å². The van der Waals surface area contributed by atoms with E-state index in [1.165, 1.54) is 5.56 Å². The SMILES string of the molecule is Cc1noc(C)c1CN[C@@H](C)c1cccnc1. The number of nitrogens with zero attached hydrogens (tertiary/aromatic N) is 2. The number of aryl methyl sites for hydroxylation is 2. The van der Waals surface area contributed by atoms with Crippen molar-refractivity contribution in [1.82, 2.24) is 15.5 Å². The Hall–Kier alpha value is -1.68. The van der Waals surface area contributed by atoms with Crippen LogP contribution in [0.15, 0.2) is 29.0 Å². The fourth-order valence-corrected chi connectivity index (χ4v) is 1.76. The monoisotopic (exact) mass is 231 g/mol. The molecule has 0 fully saturated rings. The van der Waals surface area contributed by atoms with Gasteiger partial charge < -0.3 is 9.84 Å². The quantitative estimate of drug-likeness (QED) is 0.878. The highest BCUT2D eigenvalue weighted by Gasteiger charge is 2.10. The van der Waals surface area contributed by atoms with E-state index in [-0.39, 0.29) is 6.04 Å². The van der Waals surface area contributed by atoms with E-state index >= 15 is 0 Å². The molecule has 0 aliphatic rings. The summed E-state index contributed by atoms with van der Waals surface area (Å²) in [6, 6.07) is 4.28. The molecule has 0 saturated carbocycles. The van der Waals surface area contributed by atoms with Gasteiger partial charge in [0, 0.05) is 30.5 Å². The molecule has 0 radical (unpaired) electrons. The lowest BCUT2D eigenvalue weighted by atomic mass is 10.1. The van der Waals surface area contributed by atoms with Gasteiger partial charge in [0.1, 0.15) is 5.76 Å². The number of aromatic nitrogens is 2. The molecular formula is C13H17N3O. The van der Waals surface area contributed by atoms with E-state index in [0.717, 1.165) is 23.6 Å². The second kappa shape index (κ2) is 5.10. The van der Waals surface area contributed by atoms with Gasteiger partial charge in [-0.25, -0.2) is 0 Å². The fourth-order valence-electron chi connectivity index (χ4n) is 1.76. The standard InChI is InChI=1S/C13H17N3O/c1-9(12-5-4-6-14-7-12)15-8-13-10(2)16-17-11(13)3/h4-7,9,15H,8H2,1-3H3/t9-/m0/s1. The highest BCUT2D eigenvalue weighted by Crippen LogP contribution is 2.15. The van der Waals surface area contributed by atoms with E-state index in [9.17, 15) is 0 Å². The summed E-state index contributed by atoms with van der Waals surface area (Å²) in [6.45, 7) is 6.78. The molecule has 90 valence electrons. The molecule has 2 heterocycles. The summed E-state index contributed by atoms with van der Waals surface area (Å²) in [5.41, 5.74) is 3.27. The Morgan fingerprint density at radius 2 is 2.24 bits per heavy atom. The van der Waals surface area contributed by atoms with Crippen molar-refractivity contribution >= 4 is 0 Å². The zero-order valence-corrected chi connectivity index (χ0v) is 10.4. The number of nitrogens with one attached hydrogen (secondary N) is 1. The molecule has 0 aliphatic heterocycles. The summed E-state index contributed by atoms with van der Waals surface area (Å²) in [4.78, 5) is 4.11. The normalized spacial score (nSPS) is 12.6. The van der Waals surface area contributed by atoms with Crippen LogP contribution in [-0.2, 0) is 6.54 Å². The van der Waals surface area contributed by atoms with Gasteiger partial charge in [-0.1, -0.05) is 11.2 Å². The summed E-state index contributed by atoms with van der Waals surface area (Å²) >= 11 is 0. The Bertz CT molecular complexity index is 459. The van der Waals surface area contributed by atoms with Crippen molar-refractivity contribution in [1.29, 1.82) is 0 Å². The van der Waals surface area contributed by atoms with Crippen molar-refractivity contribution in [2.75, 3.05) is 0 Å². The summed E-state index contributed by atoms with van der Waals surface area (Å²) in [7, 11) is 0. The van der Waals surface area contributed by atoms with E-state index in [1.54, 1.807) is 6.20 Å². The zero-order valence-electron chi connectivity index (χ0n) is 10.4. The van der Waals surface area contributed by atoms with E-state index in [1.807, 2.05) is 26.1 Å². The number of pyridine rings is 1. The predicted molar refractivity (Wildman–Crippen MR) is 65.5 cm³/mol. The minimum absolute atomic E-state index is 0.261. The maximum Gasteiger partial charge on any atom is 0.138 e. The highest BCUT2D eigenvalue weighted by atomic mass is 16.5. The number of rotatable bonds is 4. The van der Waals surface area contributed by atoms with Gasteiger partial charge in [-0.05, 0) is 32.4 Å². The van der Waals surface area contributed by atoms with Crippen LogP contribution in [0.1, 0.15) is 35.5 Å². The average molecular weight is 231 g/mol. The number of hydrogen-bond acceptors (Lipinski definition) is 4. The maximum absolute atomic E-state index is 5.13. The lowest BCUT2D eigenvalue weighted by Crippen LogP contribution is -2.18. The summed E-state index contributed by atoms with van der Waals surface area (Å²) in [6.07, 6.45) is 3.66. The Balaban J connectivity index is 1.99. The van der Waals surface area contributed by atoms with Gasteiger partial charge in [-0.3, -0.25) is 4.98 Å². The molecule has 17 heavy (non-hydrogen) atoms. The van der Waals surface area contributed by atoms with Gasteiger partial charge >= 0.3 is 0 Å². The molecule has 2 rings (SSSR count). The van der Waals surface area contributed by atoms with Crippen molar-refractivity contribution in [3.8, 4) is 0 Å². The molecule has 1 N–H and O–H groups in total. The Morgan fingerprint density at radius 1 is 1.41 bits per heavy atom. The third-order valence-electron chi connectivity index (χ3n) is 2.95. The van der Waals surface area contributed by atoms with Crippen LogP contribution < -0.4 is 5.32 Å². The molecule has 0 saturated heterocycles. The molecule has 0 aliphatic carbocycles. The van der Waals surface area contributed by atoms with Crippen LogP contribution in [0.3, 0.4) is 0 Å². The van der Waals surface area contributed by atoms with Crippen molar-refractivity contribution in [3.05, 3.63) is 47.1 Å². The molecule has 0 aromatic carbocycles. The summed E-state index contributed by atoms with van der Waals surface area (Å²) < 4.78 is 5.13. The first kappa shape index (κ1) is 11.8.